The van der Waals surface area contributed by atoms with Crippen molar-refractivity contribution in [3.8, 4) is 0 Å². The second kappa shape index (κ2) is 10.5. The summed E-state index contributed by atoms with van der Waals surface area (Å²) in [4.78, 5) is 4.91. The van der Waals surface area contributed by atoms with Crippen molar-refractivity contribution < 1.29 is 26.3 Å². The molecule has 0 N–H and O–H groups in total. The van der Waals surface area contributed by atoms with E-state index in [1.165, 1.54) is 28.2 Å². The third-order valence-electron chi connectivity index (χ3n) is 6.09. The van der Waals surface area contributed by atoms with E-state index in [1.807, 2.05) is 4.57 Å². The van der Waals surface area contributed by atoms with E-state index in [4.69, 9.17) is 9.72 Å². The molecule has 1 aromatic heterocycles. The van der Waals surface area contributed by atoms with Crippen LogP contribution < -0.4 is 0 Å². The molecule has 1 aliphatic heterocycles. The molecule has 1 unspecified atom stereocenters. The molecule has 1 aliphatic rings. The largest absolute Gasteiger partial charge is 0.416 e. The first-order valence-corrected chi connectivity index (χ1v) is 14.0. The average molecular weight is 528 g/mol. The first-order valence-electron chi connectivity index (χ1n) is 11.5. The van der Waals surface area contributed by atoms with Crippen molar-refractivity contribution >= 4 is 32.8 Å². The zero-order valence-corrected chi connectivity index (χ0v) is 21.2. The Balaban J connectivity index is 1.65. The molecule has 11 heteroatoms. The Kier molecular flexibility index (Phi) is 7.80. The van der Waals surface area contributed by atoms with Gasteiger partial charge >= 0.3 is 6.18 Å². The predicted octanol–water partition coefficient (Wildman–Crippen LogP) is 5.56. The molecule has 0 spiro atoms. The topological polar surface area (TPSA) is 64.4 Å². The van der Waals surface area contributed by atoms with E-state index in [9.17, 15) is 21.6 Å². The highest BCUT2D eigenvalue weighted by Gasteiger charge is 2.30. The van der Waals surface area contributed by atoms with Gasteiger partial charge in [-0.15, -0.1) is 0 Å². The van der Waals surface area contributed by atoms with Crippen LogP contribution in [0.1, 0.15) is 37.8 Å². The summed E-state index contributed by atoms with van der Waals surface area (Å²) in [5, 5.41) is 0.674. The van der Waals surface area contributed by atoms with Gasteiger partial charge in [0.05, 0.1) is 34.1 Å². The van der Waals surface area contributed by atoms with Crippen LogP contribution in [0.4, 0.5) is 13.2 Å². The Morgan fingerprint density at radius 1 is 1.14 bits per heavy atom. The van der Waals surface area contributed by atoms with Crippen molar-refractivity contribution in [2.24, 2.45) is 0 Å². The van der Waals surface area contributed by atoms with Gasteiger partial charge in [0.15, 0.2) is 5.16 Å². The summed E-state index contributed by atoms with van der Waals surface area (Å²) in [6, 6.07) is 10.1. The molecule has 190 valence electrons. The molecular weight excluding hydrogens is 499 g/mol. The molecule has 2 heterocycles. The highest BCUT2D eigenvalue weighted by atomic mass is 32.2. The van der Waals surface area contributed by atoms with Crippen molar-refractivity contribution in [2.45, 2.75) is 61.3 Å². The predicted molar refractivity (Wildman–Crippen MR) is 130 cm³/mol. The Morgan fingerprint density at radius 2 is 1.86 bits per heavy atom. The summed E-state index contributed by atoms with van der Waals surface area (Å²) >= 11 is 1.41. The normalized spacial score (nSPS) is 17.0. The summed E-state index contributed by atoms with van der Waals surface area (Å²) in [7, 11) is -3.63. The Bertz CT molecular complexity index is 1260. The minimum Gasteiger partial charge on any atom is -0.376 e. The fourth-order valence-corrected chi connectivity index (χ4v) is 6.64. The number of halogens is 3. The van der Waals surface area contributed by atoms with Crippen molar-refractivity contribution in [1.82, 2.24) is 13.9 Å². The molecule has 6 nitrogen and oxygen atoms in total. The number of hydrogen-bond acceptors (Lipinski definition) is 5. The minimum atomic E-state index is -4.37. The average Bonchev–Trinajstić information content (AvgIpc) is 3.46. The van der Waals surface area contributed by atoms with E-state index in [1.54, 1.807) is 32.0 Å². The van der Waals surface area contributed by atoms with E-state index in [-0.39, 0.29) is 11.0 Å². The zero-order chi connectivity index (χ0) is 25.2. The molecule has 1 fully saturated rings. The number of sulfonamides is 1. The molecule has 35 heavy (non-hydrogen) atoms. The van der Waals surface area contributed by atoms with Gasteiger partial charge in [-0.3, -0.25) is 0 Å². The van der Waals surface area contributed by atoms with Crippen molar-refractivity contribution in [2.75, 3.05) is 19.7 Å². The van der Waals surface area contributed by atoms with Gasteiger partial charge in [0.25, 0.3) is 0 Å². The number of thioether (sulfide) groups is 1. The number of ether oxygens (including phenoxy) is 1. The number of nitrogens with zero attached hydrogens (tertiary/aromatic N) is 3. The van der Waals surface area contributed by atoms with Crippen LogP contribution in [0.15, 0.2) is 52.5 Å². The van der Waals surface area contributed by atoms with E-state index in [0.717, 1.165) is 36.1 Å². The fraction of sp³-hybridized carbons (Fsp3) is 0.458. The van der Waals surface area contributed by atoms with Crippen LogP contribution in [0.3, 0.4) is 0 Å². The zero-order valence-electron chi connectivity index (χ0n) is 19.6. The lowest BCUT2D eigenvalue weighted by Crippen LogP contribution is -2.30. The first kappa shape index (κ1) is 26.0. The maximum atomic E-state index is 13.0. The molecule has 0 aliphatic carbocycles. The van der Waals surface area contributed by atoms with Gasteiger partial charge in [-0.2, -0.15) is 17.5 Å². The van der Waals surface area contributed by atoms with Gasteiger partial charge in [-0.25, -0.2) is 13.4 Å². The van der Waals surface area contributed by atoms with E-state index >= 15 is 0 Å². The van der Waals surface area contributed by atoms with E-state index < -0.39 is 21.8 Å². The summed E-state index contributed by atoms with van der Waals surface area (Å²) in [6.07, 6.45) is -2.42. The standard InChI is InChI=1S/C24H28F3N3O3S2/c1-3-29(4-2)35(31,32)20-11-12-22-21(14-20)28-23(30(22)15-19-6-5-13-33-19)34-16-17-7-9-18(10-8-17)24(25,26)27/h7-12,14,19H,3-6,13,15-16H2,1-2H3. The van der Waals surface area contributed by atoms with Crippen LogP contribution in [0.25, 0.3) is 11.0 Å². The van der Waals surface area contributed by atoms with Gasteiger partial charge in [-0.1, -0.05) is 37.7 Å². The number of imidazole rings is 1. The second-order valence-electron chi connectivity index (χ2n) is 8.36. The minimum absolute atomic E-state index is 0.0388. The number of aromatic nitrogens is 2. The van der Waals surface area contributed by atoms with Gasteiger partial charge in [0.2, 0.25) is 10.0 Å². The van der Waals surface area contributed by atoms with Gasteiger partial charge < -0.3 is 9.30 Å². The Hall–Kier alpha value is -2.08. The van der Waals surface area contributed by atoms with Crippen LogP contribution in [0, 0.1) is 0 Å². The number of rotatable bonds is 9. The lowest BCUT2D eigenvalue weighted by Gasteiger charge is -2.18. The van der Waals surface area contributed by atoms with Crippen molar-refractivity contribution in [3.63, 3.8) is 0 Å². The SMILES string of the molecule is CCN(CC)S(=O)(=O)c1ccc2c(c1)nc(SCc1ccc(C(F)(F)F)cc1)n2CC1CCCO1. The van der Waals surface area contributed by atoms with Crippen LogP contribution in [0.2, 0.25) is 0 Å². The molecule has 1 saturated heterocycles. The summed E-state index contributed by atoms with van der Waals surface area (Å²) in [6.45, 7) is 5.63. The molecule has 0 bridgehead atoms. The van der Waals surface area contributed by atoms with Gasteiger partial charge in [-0.05, 0) is 48.7 Å². The van der Waals surface area contributed by atoms with E-state index in [0.29, 0.717) is 42.7 Å². The van der Waals surface area contributed by atoms with Gasteiger partial charge in [0, 0.05) is 25.4 Å². The highest BCUT2D eigenvalue weighted by molar-refractivity contribution is 7.98. The van der Waals surface area contributed by atoms with Crippen LogP contribution in [-0.2, 0) is 33.2 Å². The molecule has 1 atom stereocenters. The third-order valence-corrected chi connectivity index (χ3v) is 9.18. The van der Waals surface area contributed by atoms with Gasteiger partial charge in [0.1, 0.15) is 0 Å². The fourth-order valence-electron chi connectivity index (χ4n) is 4.18. The smallest absolute Gasteiger partial charge is 0.376 e. The molecule has 0 amide bonds. The maximum Gasteiger partial charge on any atom is 0.416 e. The lowest BCUT2D eigenvalue weighted by molar-refractivity contribution is -0.137. The van der Waals surface area contributed by atoms with Crippen LogP contribution in [0.5, 0.6) is 0 Å². The molecule has 0 radical (unpaired) electrons. The number of hydrogen-bond donors (Lipinski definition) is 0. The monoisotopic (exact) mass is 527 g/mol. The summed E-state index contributed by atoms with van der Waals surface area (Å²) < 4.78 is 73.9. The Morgan fingerprint density at radius 3 is 2.46 bits per heavy atom. The third kappa shape index (κ3) is 5.68. The number of alkyl halides is 3. The Labute approximate surface area is 207 Å². The molecule has 2 aromatic carbocycles. The molecule has 4 rings (SSSR count). The first-order chi connectivity index (χ1) is 16.6. The molecule has 3 aromatic rings. The molecular formula is C24H28F3N3O3S2. The van der Waals surface area contributed by atoms with Crippen molar-refractivity contribution in [1.29, 1.82) is 0 Å². The maximum absolute atomic E-state index is 13.0. The van der Waals surface area contributed by atoms with Crippen LogP contribution >= 0.6 is 11.8 Å². The molecule has 0 saturated carbocycles. The van der Waals surface area contributed by atoms with Crippen LogP contribution in [-0.4, -0.2) is 48.1 Å². The number of benzene rings is 2. The highest BCUT2D eigenvalue weighted by Crippen LogP contribution is 2.32. The number of fused-ring (bicyclic) bond motifs is 1. The second-order valence-corrected chi connectivity index (χ2v) is 11.2. The summed E-state index contributed by atoms with van der Waals surface area (Å²) in [5.74, 6) is 0.428. The summed E-state index contributed by atoms with van der Waals surface area (Å²) in [5.41, 5.74) is 1.42. The van der Waals surface area contributed by atoms with E-state index in [2.05, 4.69) is 0 Å². The lowest BCUT2D eigenvalue weighted by atomic mass is 10.1. The quantitative estimate of drug-likeness (QED) is 0.341. The van der Waals surface area contributed by atoms with Crippen molar-refractivity contribution in [3.05, 3.63) is 53.6 Å².